The Morgan fingerprint density at radius 1 is 0.935 bits per heavy atom. The van der Waals surface area contributed by atoms with Crippen LogP contribution in [0.15, 0.2) is 54.6 Å². The molecule has 1 heterocycles. The SMILES string of the molecule is NC(=O)c1c(NC(=O)c2ccccc2OCCOc2ccccc2)sc2c1CCCC2. The van der Waals surface area contributed by atoms with Crippen LogP contribution in [0.25, 0.3) is 0 Å². The molecule has 0 spiro atoms. The Morgan fingerprint density at radius 3 is 2.45 bits per heavy atom. The van der Waals surface area contributed by atoms with E-state index in [-0.39, 0.29) is 5.91 Å². The molecule has 1 aliphatic carbocycles. The molecule has 0 aliphatic heterocycles. The van der Waals surface area contributed by atoms with Crippen molar-refractivity contribution < 1.29 is 19.1 Å². The lowest BCUT2D eigenvalue weighted by Crippen LogP contribution is -2.19. The van der Waals surface area contributed by atoms with Crippen molar-refractivity contribution in [2.24, 2.45) is 5.73 Å². The second-order valence-corrected chi connectivity index (χ2v) is 8.34. The molecular formula is C24H24N2O4S. The maximum Gasteiger partial charge on any atom is 0.260 e. The summed E-state index contributed by atoms with van der Waals surface area (Å²) >= 11 is 1.44. The van der Waals surface area contributed by atoms with Gasteiger partial charge < -0.3 is 20.5 Å². The van der Waals surface area contributed by atoms with E-state index in [1.54, 1.807) is 18.2 Å². The smallest absolute Gasteiger partial charge is 0.260 e. The number of carbonyl (C=O) groups is 2. The second-order valence-electron chi connectivity index (χ2n) is 7.24. The van der Waals surface area contributed by atoms with E-state index in [0.717, 1.165) is 41.9 Å². The van der Waals surface area contributed by atoms with Gasteiger partial charge in [0.15, 0.2) is 0 Å². The summed E-state index contributed by atoms with van der Waals surface area (Å²) in [5.74, 6) is 0.384. The van der Waals surface area contributed by atoms with Crippen LogP contribution in [0, 0.1) is 0 Å². The van der Waals surface area contributed by atoms with Crippen LogP contribution in [-0.4, -0.2) is 25.0 Å². The molecule has 4 rings (SSSR count). The second kappa shape index (κ2) is 9.66. The van der Waals surface area contributed by atoms with Gasteiger partial charge in [-0.15, -0.1) is 11.3 Å². The van der Waals surface area contributed by atoms with Crippen molar-refractivity contribution >= 4 is 28.2 Å². The lowest BCUT2D eigenvalue weighted by atomic mass is 9.95. The van der Waals surface area contributed by atoms with Gasteiger partial charge in [-0.25, -0.2) is 0 Å². The third-order valence-electron chi connectivity index (χ3n) is 5.13. The largest absolute Gasteiger partial charge is 0.490 e. The maximum atomic E-state index is 13.0. The summed E-state index contributed by atoms with van der Waals surface area (Å²) < 4.78 is 11.4. The Bertz CT molecular complexity index is 1080. The zero-order chi connectivity index (χ0) is 21.6. The van der Waals surface area contributed by atoms with Crippen LogP contribution in [-0.2, 0) is 12.8 Å². The van der Waals surface area contributed by atoms with Gasteiger partial charge in [0, 0.05) is 4.88 Å². The summed E-state index contributed by atoms with van der Waals surface area (Å²) in [5, 5.41) is 3.41. The monoisotopic (exact) mass is 436 g/mol. The van der Waals surface area contributed by atoms with Crippen molar-refractivity contribution in [2.75, 3.05) is 18.5 Å². The number of amides is 2. The first-order valence-corrected chi connectivity index (χ1v) is 11.1. The van der Waals surface area contributed by atoms with Gasteiger partial charge in [0.05, 0.1) is 11.1 Å². The number of aryl methyl sites for hydroxylation is 1. The number of hydrogen-bond donors (Lipinski definition) is 2. The fourth-order valence-electron chi connectivity index (χ4n) is 3.69. The molecule has 0 unspecified atom stereocenters. The standard InChI is InChI=1S/C24H24N2O4S/c25-22(27)21-18-11-5-7-13-20(18)31-24(21)26-23(28)17-10-4-6-12-19(17)30-15-14-29-16-8-2-1-3-9-16/h1-4,6,8-10,12H,5,7,11,13-15H2,(H2,25,27)(H,26,28). The van der Waals surface area contributed by atoms with Crippen LogP contribution in [0.3, 0.4) is 0 Å². The molecule has 0 saturated carbocycles. The first kappa shape index (κ1) is 20.9. The minimum atomic E-state index is -0.503. The van der Waals surface area contributed by atoms with Crippen LogP contribution in [0.5, 0.6) is 11.5 Å². The summed E-state index contributed by atoms with van der Waals surface area (Å²) in [5.41, 5.74) is 7.46. The zero-order valence-electron chi connectivity index (χ0n) is 17.1. The highest BCUT2D eigenvalue weighted by atomic mass is 32.1. The Hall–Kier alpha value is -3.32. The molecule has 2 amide bonds. The Kier molecular flexibility index (Phi) is 6.52. The summed E-state index contributed by atoms with van der Waals surface area (Å²) in [6.07, 6.45) is 3.85. The highest BCUT2D eigenvalue weighted by Gasteiger charge is 2.25. The van der Waals surface area contributed by atoms with E-state index in [1.165, 1.54) is 11.3 Å². The Morgan fingerprint density at radius 2 is 1.65 bits per heavy atom. The number of thiophene rings is 1. The number of benzene rings is 2. The number of primary amides is 1. The number of hydrogen-bond acceptors (Lipinski definition) is 5. The molecule has 7 heteroatoms. The summed E-state index contributed by atoms with van der Waals surface area (Å²) in [6.45, 7) is 0.641. The molecule has 0 bridgehead atoms. The number of rotatable bonds is 8. The number of nitrogens with one attached hydrogen (secondary N) is 1. The molecule has 1 aromatic heterocycles. The third-order valence-corrected chi connectivity index (χ3v) is 6.34. The fourth-order valence-corrected chi connectivity index (χ4v) is 4.98. The van der Waals surface area contributed by atoms with Crippen LogP contribution >= 0.6 is 11.3 Å². The lowest BCUT2D eigenvalue weighted by Gasteiger charge is -2.13. The van der Waals surface area contributed by atoms with Crippen LogP contribution in [0.2, 0.25) is 0 Å². The predicted octanol–water partition coefficient (Wildman–Crippen LogP) is 4.44. The highest BCUT2D eigenvalue weighted by molar-refractivity contribution is 7.17. The minimum Gasteiger partial charge on any atom is -0.490 e. The molecule has 0 fully saturated rings. The number of para-hydroxylation sites is 2. The van der Waals surface area contributed by atoms with Gasteiger partial charge in [0.1, 0.15) is 29.7 Å². The molecule has 0 saturated heterocycles. The Labute approximate surface area is 185 Å². The van der Waals surface area contributed by atoms with Crippen molar-refractivity contribution in [1.82, 2.24) is 0 Å². The van der Waals surface area contributed by atoms with Gasteiger partial charge in [-0.3, -0.25) is 9.59 Å². The molecule has 0 radical (unpaired) electrons. The van der Waals surface area contributed by atoms with Crippen molar-refractivity contribution in [1.29, 1.82) is 0 Å². The third kappa shape index (κ3) is 4.88. The minimum absolute atomic E-state index is 0.291. The molecular weight excluding hydrogens is 412 g/mol. The van der Waals surface area contributed by atoms with Crippen molar-refractivity contribution in [2.45, 2.75) is 25.7 Å². The van der Waals surface area contributed by atoms with E-state index >= 15 is 0 Å². The van der Waals surface area contributed by atoms with Crippen molar-refractivity contribution in [3.8, 4) is 11.5 Å². The number of anilines is 1. The molecule has 3 aromatic rings. The molecule has 0 atom stereocenters. The lowest BCUT2D eigenvalue weighted by molar-refractivity contribution is 0.100. The molecule has 2 aromatic carbocycles. The quantitative estimate of drug-likeness (QED) is 0.511. The van der Waals surface area contributed by atoms with Crippen LogP contribution < -0.4 is 20.5 Å². The Balaban J connectivity index is 1.45. The average molecular weight is 437 g/mol. The van der Waals surface area contributed by atoms with E-state index in [1.807, 2.05) is 36.4 Å². The van der Waals surface area contributed by atoms with E-state index in [4.69, 9.17) is 15.2 Å². The maximum absolute atomic E-state index is 13.0. The van der Waals surface area contributed by atoms with E-state index in [0.29, 0.717) is 35.1 Å². The number of fused-ring (bicyclic) bond motifs is 1. The molecule has 6 nitrogen and oxygen atoms in total. The first-order chi connectivity index (χ1) is 15.1. The first-order valence-electron chi connectivity index (χ1n) is 10.3. The summed E-state index contributed by atoms with van der Waals surface area (Å²) in [4.78, 5) is 26.2. The van der Waals surface area contributed by atoms with Gasteiger partial charge in [0.25, 0.3) is 11.8 Å². The predicted molar refractivity (Wildman–Crippen MR) is 121 cm³/mol. The number of ether oxygens (including phenoxy) is 2. The zero-order valence-corrected chi connectivity index (χ0v) is 17.9. The number of nitrogens with two attached hydrogens (primary N) is 1. The van der Waals surface area contributed by atoms with E-state index in [9.17, 15) is 9.59 Å². The van der Waals surface area contributed by atoms with Crippen molar-refractivity contribution in [3.63, 3.8) is 0 Å². The highest BCUT2D eigenvalue weighted by Crippen LogP contribution is 2.38. The molecule has 160 valence electrons. The van der Waals surface area contributed by atoms with Crippen LogP contribution in [0.1, 0.15) is 44.0 Å². The molecule has 3 N–H and O–H groups in total. The summed E-state index contributed by atoms with van der Waals surface area (Å²) in [7, 11) is 0. The number of carbonyl (C=O) groups excluding carboxylic acids is 2. The van der Waals surface area contributed by atoms with Gasteiger partial charge >= 0.3 is 0 Å². The normalized spacial score (nSPS) is 12.6. The summed E-state index contributed by atoms with van der Waals surface area (Å²) in [6, 6.07) is 16.5. The van der Waals surface area contributed by atoms with Gasteiger partial charge in [-0.05, 0) is 55.5 Å². The van der Waals surface area contributed by atoms with Crippen molar-refractivity contribution in [3.05, 3.63) is 76.2 Å². The topological polar surface area (TPSA) is 90.7 Å². The molecule has 1 aliphatic rings. The van der Waals surface area contributed by atoms with Crippen LogP contribution in [0.4, 0.5) is 5.00 Å². The van der Waals surface area contributed by atoms with Gasteiger partial charge in [0.2, 0.25) is 0 Å². The fraction of sp³-hybridized carbons (Fsp3) is 0.250. The average Bonchev–Trinajstić information content (AvgIpc) is 3.15. The van der Waals surface area contributed by atoms with Gasteiger partial charge in [-0.1, -0.05) is 30.3 Å². The molecule has 31 heavy (non-hydrogen) atoms. The van der Waals surface area contributed by atoms with E-state index in [2.05, 4.69) is 5.32 Å². The van der Waals surface area contributed by atoms with Gasteiger partial charge in [-0.2, -0.15) is 0 Å². The van der Waals surface area contributed by atoms with E-state index < -0.39 is 5.91 Å².